The number of aryl methyl sites for hydroxylation is 2. The average molecular weight is 383 g/mol. The van der Waals surface area contributed by atoms with Crippen LogP contribution in [0.25, 0.3) is 10.6 Å². The number of aromatic nitrogens is 4. The molecule has 0 radical (unpaired) electrons. The first-order chi connectivity index (χ1) is 13.1. The summed E-state index contributed by atoms with van der Waals surface area (Å²) in [7, 11) is 1.81. The lowest BCUT2D eigenvalue weighted by molar-refractivity contribution is 0.0517. The van der Waals surface area contributed by atoms with Crippen LogP contribution in [0.3, 0.4) is 0 Å². The predicted molar refractivity (Wildman–Crippen MR) is 103 cm³/mol. The molecule has 0 N–H and O–H groups in total. The van der Waals surface area contributed by atoms with Crippen LogP contribution >= 0.6 is 11.3 Å². The molecule has 3 aromatic heterocycles. The SMILES string of the molecule is Cc1nccc(OC2CCCN(C(=O)c3cc(-c4cccs4)nn3C)C2)n1. The molecule has 1 aliphatic heterocycles. The minimum atomic E-state index is -0.0676. The van der Waals surface area contributed by atoms with Gasteiger partial charge in [0.05, 0.1) is 11.4 Å². The number of thiophene rings is 1. The van der Waals surface area contributed by atoms with E-state index in [9.17, 15) is 4.79 Å². The average Bonchev–Trinajstić information content (AvgIpc) is 3.31. The third-order valence-electron chi connectivity index (χ3n) is 4.58. The standard InChI is InChI=1S/C19H21N5O2S/c1-13-20-8-7-18(21-13)26-14-5-3-9-24(12-14)19(25)16-11-15(22-23(16)2)17-6-4-10-27-17/h4,6-8,10-11,14H,3,5,9,12H2,1-2H3. The van der Waals surface area contributed by atoms with Gasteiger partial charge >= 0.3 is 0 Å². The van der Waals surface area contributed by atoms with E-state index in [1.54, 1.807) is 28.3 Å². The summed E-state index contributed by atoms with van der Waals surface area (Å²) < 4.78 is 7.64. The fraction of sp³-hybridized carbons (Fsp3) is 0.368. The van der Waals surface area contributed by atoms with Gasteiger partial charge in [-0.3, -0.25) is 9.48 Å². The van der Waals surface area contributed by atoms with Crippen LogP contribution in [0.5, 0.6) is 5.88 Å². The van der Waals surface area contributed by atoms with Gasteiger partial charge in [-0.1, -0.05) is 6.07 Å². The molecule has 27 heavy (non-hydrogen) atoms. The number of piperidine rings is 1. The normalized spacial score (nSPS) is 17.1. The Bertz CT molecular complexity index is 937. The first-order valence-electron chi connectivity index (χ1n) is 8.93. The molecule has 1 unspecified atom stereocenters. The smallest absolute Gasteiger partial charge is 0.272 e. The first kappa shape index (κ1) is 17.7. The van der Waals surface area contributed by atoms with E-state index in [0.717, 1.165) is 30.0 Å². The van der Waals surface area contributed by atoms with Crippen LogP contribution < -0.4 is 4.74 Å². The second-order valence-corrected chi connectivity index (χ2v) is 7.54. The molecule has 1 aliphatic rings. The van der Waals surface area contributed by atoms with E-state index in [-0.39, 0.29) is 12.0 Å². The molecule has 1 fully saturated rings. The summed E-state index contributed by atoms with van der Waals surface area (Å²) in [5.74, 6) is 1.22. The van der Waals surface area contributed by atoms with Gasteiger partial charge in [-0.15, -0.1) is 11.3 Å². The van der Waals surface area contributed by atoms with Crippen molar-refractivity contribution in [3.8, 4) is 16.5 Å². The summed E-state index contributed by atoms with van der Waals surface area (Å²) in [6, 6.07) is 7.61. The highest BCUT2D eigenvalue weighted by Crippen LogP contribution is 2.25. The zero-order valence-electron chi connectivity index (χ0n) is 15.3. The van der Waals surface area contributed by atoms with Crippen LogP contribution in [0, 0.1) is 6.92 Å². The van der Waals surface area contributed by atoms with Crippen LogP contribution in [0.4, 0.5) is 0 Å². The lowest BCUT2D eigenvalue weighted by Crippen LogP contribution is -2.45. The molecular formula is C19H21N5O2S. The molecule has 3 aromatic rings. The number of rotatable bonds is 4. The van der Waals surface area contributed by atoms with E-state index in [2.05, 4.69) is 15.1 Å². The van der Waals surface area contributed by atoms with Gasteiger partial charge in [0.25, 0.3) is 5.91 Å². The van der Waals surface area contributed by atoms with Crippen LogP contribution in [-0.2, 0) is 7.05 Å². The maximum absolute atomic E-state index is 13.0. The topological polar surface area (TPSA) is 73.1 Å². The number of amides is 1. The van der Waals surface area contributed by atoms with Crippen molar-refractivity contribution in [2.45, 2.75) is 25.9 Å². The Hall–Kier alpha value is -2.74. The largest absolute Gasteiger partial charge is 0.472 e. The van der Waals surface area contributed by atoms with Gasteiger partial charge in [0.15, 0.2) is 0 Å². The summed E-state index contributed by atoms with van der Waals surface area (Å²) in [6.45, 7) is 3.10. The quantitative estimate of drug-likeness (QED) is 0.693. The molecule has 0 aliphatic carbocycles. The minimum Gasteiger partial charge on any atom is -0.472 e. The van der Waals surface area contributed by atoms with Gasteiger partial charge in [0, 0.05) is 25.9 Å². The molecule has 7 nitrogen and oxygen atoms in total. The van der Waals surface area contributed by atoms with Gasteiger partial charge in [-0.2, -0.15) is 10.1 Å². The van der Waals surface area contributed by atoms with E-state index >= 15 is 0 Å². The highest BCUT2D eigenvalue weighted by atomic mass is 32.1. The Morgan fingerprint density at radius 2 is 2.26 bits per heavy atom. The number of nitrogens with zero attached hydrogens (tertiary/aromatic N) is 5. The van der Waals surface area contributed by atoms with Crippen LogP contribution in [0.2, 0.25) is 0 Å². The van der Waals surface area contributed by atoms with E-state index in [0.29, 0.717) is 23.9 Å². The predicted octanol–water partition coefficient (Wildman–Crippen LogP) is 2.93. The van der Waals surface area contributed by atoms with Crippen LogP contribution in [-0.4, -0.2) is 49.7 Å². The van der Waals surface area contributed by atoms with E-state index in [1.807, 2.05) is 42.5 Å². The molecule has 1 saturated heterocycles. The summed E-state index contributed by atoms with van der Waals surface area (Å²) >= 11 is 1.62. The highest BCUT2D eigenvalue weighted by Gasteiger charge is 2.28. The summed E-state index contributed by atoms with van der Waals surface area (Å²) in [6.07, 6.45) is 3.42. The van der Waals surface area contributed by atoms with Crippen LogP contribution in [0.15, 0.2) is 35.8 Å². The molecule has 4 heterocycles. The second-order valence-electron chi connectivity index (χ2n) is 6.59. The molecule has 1 atom stereocenters. The van der Waals surface area contributed by atoms with Gasteiger partial charge in [-0.25, -0.2) is 4.98 Å². The molecule has 0 saturated carbocycles. The fourth-order valence-electron chi connectivity index (χ4n) is 3.26. The maximum atomic E-state index is 13.0. The Labute approximate surface area is 161 Å². The summed E-state index contributed by atoms with van der Waals surface area (Å²) in [4.78, 5) is 24.3. The molecule has 0 aromatic carbocycles. The Kier molecular flexibility index (Phi) is 4.89. The van der Waals surface area contributed by atoms with Crippen molar-refractivity contribution in [3.63, 3.8) is 0 Å². The van der Waals surface area contributed by atoms with E-state index < -0.39 is 0 Å². The third-order valence-corrected chi connectivity index (χ3v) is 5.47. The van der Waals surface area contributed by atoms with Crippen molar-refractivity contribution in [1.29, 1.82) is 0 Å². The fourth-order valence-corrected chi connectivity index (χ4v) is 3.95. The Morgan fingerprint density at radius 1 is 1.37 bits per heavy atom. The Morgan fingerprint density at radius 3 is 3.04 bits per heavy atom. The third kappa shape index (κ3) is 3.85. The zero-order valence-corrected chi connectivity index (χ0v) is 16.1. The number of hydrogen-bond acceptors (Lipinski definition) is 6. The van der Waals surface area contributed by atoms with Crippen molar-refractivity contribution in [1.82, 2.24) is 24.6 Å². The monoisotopic (exact) mass is 383 g/mol. The maximum Gasteiger partial charge on any atom is 0.272 e. The van der Waals surface area contributed by atoms with Gasteiger partial charge in [-0.05, 0) is 37.3 Å². The van der Waals surface area contributed by atoms with Crippen LogP contribution in [0.1, 0.15) is 29.2 Å². The molecule has 1 amide bonds. The molecule has 4 rings (SSSR count). The number of carbonyl (C=O) groups excluding carboxylic acids is 1. The molecule has 0 spiro atoms. The van der Waals surface area contributed by atoms with Crippen molar-refractivity contribution in [2.75, 3.05) is 13.1 Å². The molecule has 8 heteroatoms. The number of ether oxygens (including phenoxy) is 1. The highest BCUT2D eigenvalue weighted by molar-refractivity contribution is 7.13. The Balaban J connectivity index is 1.47. The molecular weight excluding hydrogens is 362 g/mol. The van der Waals surface area contributed by atoms with Gasteiger partial charge in [0.2, 0.25) is 5.88 Å². The lowest BCUT2D eigenvalue weighted by Gasteiger charge is -2.32. The zero-order chi connectivity index (χ0) is 18.8. The first-order valence-corrected chi connectivity index (χ1v) is 9.81. The van der Waals surface area contributed by atoms with E-state index in [4.69, 9.17) is 4.74 Å². The van der Waals surface area contributed by atoms with Gasteiger partial charge < -0.3 is 9.64 Å². The summed E-state index contributed by atoms with van der Waals surface area (Å²) in [5, 5.41) is 6.50. The second kappa shape index (κ2) is 7.48. The minimum absolute atomic E-state index is 0.0139. The molecule has 140 valence electrons. The number of hydrogen-bond donors (Lipinski definition) is 0. The summed E-state index contributed by atoms with van der Waals surface area (Å²) in [5.41, 5.74) is 1.43. The lowest BCUT2D eigenvalue weighted by atomic mass is 10.1. The van der Waals surface area contributed by atoms with Gasteiger partial charge in [0.1, 0.15) is 23.3 Å². The molecule has 0 bridgehead atoms. The van der Waals surface area contributed by atoms with E-state index in [1.165, 1.54) is 0 Å². The van der Waals surface area contributed by atoms with Crippen molar-refractivity contribution < 1.29 is 9.53 Å². The van der Waals surface area contributed by atoms with Crippen molar-refractivity contribution in [2.24, 2.45) is 7.05 Å². The number of likely N-dealkylation sites (tertiary alicyclic amines) is 1. The van der Waals surface area contributed by atoms with Crippen molar-refractivity contribution in [3.05, 3.63) is 47.4 Å². The number of carbonyl (C=O) groups is 1. The van der Waals surface area contributed by atoms with Crippen molar-refractivity contribution >= 4 is 17.2 Å².